The van der Waals surface area contributed by atoms with Crippen LogP contribution in [0.1, 0.15) is 36.8 Å². The van der Waals surface area contributed by atoms with Crippen molar-refractivity contribution in [3.05, 3.63) is 71.8 Å². The van der Waals surface area contributed by atoms with Crippen molar-refractivity contribution in [2.75, 3.05) is 20.2 Å². The number of likely N-dealkylation sites (tertiary alicyclic amines) is 1. The van der Waals surface area contributed by atoms with E-state index in [0.717, 1.165) is 41.5 Å². The van der Waals surface area contributed by atoms with Gasteiger partial charge in [0.1, 0.15) is 11.6 Å². The number of nitrogens with one attached hydrogen (secondary N) is 2. The highest BCUT2D eigenvalue weighted by Crippen LogP contribution is 2.24. The van der Waals surface area contributed by atoms with Gasteiger partial charge < -0.3 is 15.4 Å². The smallest absolute Gasteiger partial charge is 0.335 e. The SMILES string of the molecule is COc1ccc2cc(S(=O)(=O)NN(Cc3cccc(C(=N)N)c3)C(=O)N3CCCCCC3)ccc2c1.Cl. The summed E-state index contributed by atoms with van der Waals surface area (Å²) >= 11 is 0. The maximum atomic E-state index is 13.5. The zero-order chi connectivity index (χ0) is 25.7. The Morgan fingerprint density at radius 3 is 2.38 bits per heavy atom. The normalized spacial score (nSPS) is 13.9. The number of sulfonamides is 1. The van der Waals surface area contributed by atoms with Crippen LogP contribution in [0.5, 0.6) is 5.75 Å². The van der Waals surface area contributed by atoms with Gasteiger partial charge in [-0.15, -0.1) is 17.2 Å². The Labute approximate surface area is 223 Å². The highest BCUT2D eigenvalue weighted by molar-refractivity contribution is 7.89. The number of amides is 2. The van der Waals surface area contributed by atoms with Crippen molar-refractivity contribution in [3.8, 4) is 5.75 Å². The number of nitrogens with two attached hydrogens (primary N) is 1. The number of carbonyl (C=O) groups excluding carboxylic acids is 1. The second-order valence-corrected chi connectivity index (χ2v) is 10.5. The van der Waals surface area contributed by atoms with E-state index in [1.165, 1.54) is 6.07 Å². The number of carbonyl (C=O) groups is 1. The molecule has 0 aromatic heterocycles. The number of nitrogens with zero attached hydrogens (tertiary/aromatic N) is 2. The Kier molecular flexibility index (Phi) is 9.36. The lowest BCUT2D eigenvalue weighted by Gasteiger charge is -2.30. The van der Waals surface area contributed by atoms with Crippen LogP contribution in [0.15, 0.2) is 65.6 Å². The molecule has 37 heavy (non-hydrogen) atoms. The van der Waals surface area contributed by atoms with E-state index >= 15 is 0 Å². The number of hydrazine groups is 1. The lowest BCUT2D eigenvalue weighted by atomic mass is 10.1. The molecule has 0 saturated carbocycles. The van der Waals surface area contributed by atoms with Gasteiger partial charge in [-0.25, -0.2) is 18.2 Å². The maximum absolute atomic E-state index is 13.5. The predicted molar refractivity (Wildman–Crippen MR) is 147 cm³/mol. The lowest BCUT2D eigenvalue weighted by Crippen LogP contribution is -2.51. The molecule has 1 aliphatic heterocycles. The Morgan fingerprint density at radius 2 is 1.70 bits per heavy atom. The van der Waals surface area contributed by atoms with Gasteiger partial charge in [0, 0.05) is 18.7 Å². The van der Waals surface area contributed by atoms with E-state index in [1.54, 1.807) is 60.5 Å². The second-order valence-electron chi connectivity index (χ2n) is 8.85. The molecule has 198 valence electrons. The minimum Gasteiger partial charge on any atom is -0.497 e. The third-order valence-corrected chi connectivity index (χ3v) is 7.58. The quantitative estimate of drug-likeness (QED) is 0.232. The first kappa shape index (κ1) is 28.2. The second kappa shape index (κ2) is 12.3. The number of hydrogen-bond acceptors (Lipinski definition) is 5. The molecule has 3 aromatic rings. The molecule has 0 unspecified atom stereocenters. The zero-order valence-corrected chi connectivity index (χ0v) is 22.3. The fourth-order valence-electron chi connectivity index (χ4n) is 4.29. The van der Waals surface area contributed by atoms with E-state index in [0.29, 0.717) is 30.0 Å². The number of halogens is 1. The summed E-state index contributed by atoms with van der Waals surface area (Å²) in [5, 5.41) is 10.4. The van der Waals surface area contributed by atoms with Crippen molar-refractivity contribution < 1.29 is 17.9 Å². The third-order valence-electron chi connectivity index (χ3n) is 6.25. The molecule has 2 amide bonds. The van der Waals surface area contributed by atoms with Gasteiger partial charge >= 0.3 is 6.03 Å². The van der Waals surface area contributed by atoms with E-state index in [9.17, 15) is 13.2 Å². The molecule has 0 aliphatic carbocycles. The Bertz CT molecular complexity index is 1370. The fraction of sp³-hybridized carbons (Fsp3) is 0.308. The Balaban J connectivity index is 0.00000380. The summed E-state index contributed by atoms with van der Waals surface area (Å²) in [7, 11) is -2.50. The van der Waals surface area contributed by atoms with Crippen LogP contribution in [-0.4, -0.2) is 50.4 Å². The number of benzene rings is 3. The van der Waals surface area contributed by atoms with E-state index in [4.69, 9.17) is 15.9 Å². The monoisotopic (exact) mass is 545 g/mol. The maximum Gasteiger partial charge on any atom is 0.335 e. The van der Waals surface area contributed by atoms with Crippen molar-refractivity contribution in [3.63, 3.8) is 0 Å². The van der Waals surface area contributed by atoms with Crippen LogP contribution < -0.4 is 15.3 Å². The zero-order valence-electron chi connectivity index (χ0n) is 20.6. The molecule has 1 aliphatic rings. The van der Waals surface area contributed by atoms with Gasteiger partial charge in [0.25, 0.3) is 10.0 Å². The third kappa shape index (κ3) is 6.91. The molecule has 4 N–H and O–H groups in total. The van der Waals surface area contributed by atoms with Crippen molar-refractivity contribution >= 4 is 45.1 Å². The number of urea groups is 1. The molecule has 4 rings (SSSR count). The largest absolute Gasteiger partial charge is 0.497 e. The lowest BCUT2D eigenvalue weighted by molar-refractivity contribution is 0.142. The van der Waals surface area contributed by atoms with E-state index < -0.39 is 16.1 Å². The minimum atomic E-state index is -4.08. The molecule has 3 aromatic carbocycles. The summed E-state index contributed by atoms with van der Waals surface area (Å²) in [6.07, 6.45) is 3.83. The van der Waals surface area contributed by atoms with Crippen LogP contribution in [-0.2, 0) is 16.6 Å². The number of ether oxygens (including phenoxy) is 1. The molecular formula is C26H32ClN5O4S. The number of nitrogen functional groups attached to an aromatic ring is 1. The van der Waals surface area contributed by atoms with Gasteiger partial charge in [-0.1, -0.05) is 43.2 Å². The summed E-state index contributed by atoms with van der Waals surface area (Å²) < 4.78 is 32.1. The number of hydrogen-bond donors (Lipinski definition) is 3. The summed E-state index contributed by atoms with van der Waals surface area (Å²) in [6, 6.07) is 16.7. The van der Waals surface area contributed by atoms with Crippen molar-refractivity contribution in [2.24, 2.45) is 5.73 Å². The number of methoxy groups -OCH3 is 1. The Hall–Kier alpha value is -3.34. The number of rotatable bonds is 7. The molecule has 1 fully saturated rings. The summed E-state index contributed by atoms with van der Waals surface area (Å²) in [6.45, 7) is 1.13. The van der Waals surface area contributed by atoms with Crippen LogP contribution in [0.4, 0.5) is 4.79 Å². The van der Waals surface area contributed by atoms with Gasteiger partial charge in [0.2, 0.25) is 0 Å². The first-order valence-electron chi connectivity index (χ1n) is 11.9. The number of fused-ring (bicyclic) bond motifs is 1. The van der Waals surface area contributed by atoms with Gasteiger partial charge in [-0.3, -0.25) is 5.41 Å². The highest BCUT2D eigenvalue weighted by atomic mass is 35.5. The van der Waals surface area contributed by atoms with Crippen molar-refractivity contribution in [2.45, 2.75) is 37.1 Å². The Morgan fingerprint density at radius 1 is 1.03 bits per heavy atom. The number of amidine groups is 1. The summed E-state index contributed by atoms with van der Waals surface area (Å²) in [5.74, 6) is 0.578. The predicted octanol–water partition coefficient (Wildman–Crippen LogP) is 4.25. The van der Waals surface area contributed by atoms with Gasteiger partial charge in [-0.2, -0.15) is 0 Å². The van der Waals surface area contributed by atoms with Crippen LogP contribution in [0, 0.1) is 5.41 Å². The van der Waals surface area contributed by atoms with Gasteiger partial charge in [0.05, 0.1) is 18.6 Å². The molecule has 9 nitrogen and oxygen atoms in total. The first-order chi connectivity index (χ1) is 17.3. The molecule has 0 radical (unpaired) electrons. The van der Waals surface area contributed by atoms with E-state index in [1.807, 2.05) is 6.07 Å². The van der Waals surface area contributed by atoms with E-state index in [2.05, 4.69) is 4.83 Å². The molecule has 0 atom stereocenters. The summed E-state index contributed by atoms with van der Waals surface area (Å²) in [5.41, 5.74) is 6.78. The minimum absolute atomic E-state index is 0. The van der Waals surface area contributed by atoms with Crippen LogP contribution in [0.3, 0.4) is 0 Å². The van der Waals surface area contributed by atoms with Crippen LogP contribution in [0.25, 0.3) is 10.8 Å². The highest BCUT2D eigenvalue weighted by Gasteiger charge is 2.27. The fourth-order valence-corrected chi connectivity index (χ4v) is 5.35. The average Bonchev–Trinajstić information content (AvgIpc) is 3.17. The van der Waals surface area contributed by atoms with Crippen LogP contribution >= 0.6 is 12.4 Å². The molecule has 11 heteroatoms. The van der Waals surface area contributed by atoms with Crippen molar-refractivity contribution in [1.82, 2.24) is 14.7 Å². The topological polar surface area (TPSA) is 129 Å². The molecule has 0 spiro atoms. The van der Waals surface area contributed by atoms with Crippen LogP contribution in [0.2, 0.25) is 0 Å². The van der Waals surface area contributed by atoms with Gasteiger partial charge in [-0.05, 0) is 59.5 Å². The molecular weight excluding hydrogens is 514 g/mol. The standard InChI is InChI=1S/C26H31N5O4S.ClH/c1-35-23-11-9-21-17-24(12-10-20(21)16-23)36(33,34)29-31(26(32)30-13-4-2-3-5-14-30)18-19-7-6-8-22(15-19)25(27)28;/h6-12,15-17,29H,2-5,13-14,18H2,1H3,(H3,27,28);1H. The summed E-state index contributed by atoms with van der Waals surface area (Å²) in [4.78, 5) is 17.8. The average molecular weight is 546 g/mol. The molecule has 0 bridgehead atoms. The van der Waals surface area contributed by atoms with E-state index in [-0.39, 0.29) is 29.7 Å². The van der Waals surface area contributed by atoms with Gasteiger partial charge in [0.15, 0.2) is 0 Å². The first-order valence-corrected chi connectivity index (χ1v) is 13.4. The van der Waals surface area contributed by atoms with Crippen molar-refractivity contribution in [1.29, 1.82) is 5.41 Å². The molecule has 1 heterocycles. The molecule has 1 saturated heterocycles.